The summed E-state index contributed by atoms with van der Waals surface area (Å²) < 4.78 is 1.45. The van der Waals surface area contributed by atoms with Crippen LogP contribution in [0.15, 0.2) is 29.2 Å². The summed E-state index contributed by atoms with van der Waals surface area (Å²) in [5.74, 6) is 0.758. The first-order chi connectivity index (χ1) is 11.5. The third kappa shape index (κ3) is 2.70. The number of carbonyl (C=O) groups is 1. The van der Waals surface area contributed by atoms with Crippen LogP contribution in [-0.4, -0.2) is 51.8 Å². The molecule has 0 bridgehead atoms. The predicted octanol–water partition coefficient (Wildman–Crippen LogP) is 1.26. The van der Waals surface area contributed by atoms with Gasteiger partial charge in [-0.15, -0.1) is 0 Å². The largest absolute Gasteiger partial charge is 0.345 e. The van der Waals surface area contributed by atoms with Gasteiger partial charge in [-0.1, -0.05) is 11.6 Å². The van der Waals surface area contributed by atoms with Crippen molar-refractivity contribution in [3.05, 3.63) is 45.5 Å². The SMILES string of the molecule is CN1CC[C@@H]2CN(Cc3cc(=O)n4cc(Cl)ccc4n3)C[C@@H]2C1=O. The van der Waals surface area contributed by atoms with Crippen LogP contribution in [0.1, 0.15) is 12.1 Å². The highest BCUT2D eigenvalue weighted by Crippen LogP contribution is 2.32. The molecule has 7 heteroatoms. The Hall–Kier alpha value is -1.92. The zero-order chi connectivity index (χ0) is 16.8. The van der Waals surface area contributed by atoms with E-state index in [1.54, 1.807) is 24.4 Å². The van der Waals surface area contributed by atoms with Crippen LogP contribution in [0, 0.1) is 11.8 Å². The molecule has 1 amide bonds. The zero-order valence-electron chi connectivity index (χ0n) is 13.5. The van der Waals surface area contributed by atoms with E-state index >= 15 is 0 Å². The lowest BCUT2D eigenvalue weighted by Gasteiger charge is -2.30. The maximum Gasteiger partial charge on any atom is 0.258 e. The van der Waals surface area contributed by atoms with E-state index in [2.05, 4.69) is 9.88 Å². The number of likely N-dealkylation sites (tertiary alicyclic amines) is 2. The Bertz CT molecular complexity index is 865. The highest BCUT2D eigenvalue weighted by Gasteiger charge is 2.41. The molecule has 0 spiro atoms. The van der Waals surface area contributed by atoms with Gasteiger partial charge in [-0.25, -0.2) is 4.98 Å². The van der Waals surface area contributed by atoms with Crippen LogP contribution in [-0.2, 0) is 11.3 Å². The summed E-state index contributed by atoms with van der Waals surface area (Å²) in [5, 5.41) is 0.505. The van der Waals surface area contributed by atoms with Crippen LogP contribution >= 0.6 is 11.6 Å². The van der Waals surface area contributed by atoms with Gasteiger partial charge in [0.1, 0.15) is 5.65 Å². The summed E-state index contributed by atoms with van der Waals surface area (Å²) in [6.07, 6.45) is 2.63. The van der Waals surface area contributed by atoms with Crippen molar-refractivity contribution < 1.29 is 4.79 Å². The molecule has 0 saturated carbocycles. The van der Waals surface area contributed by atoms with Crippen molar-refractivity contribution in [1.29, 1.82) is 0 Å². The highest BCUT2D eigenvalue weighted by molar-refractivity contribution is 6.30. The molecule has 2 aliphatic heterocycles. The predicted molar refractivity (Wildman–Crippen MR) is 91.0 cm³/mol. The third-order valence-corrected chi connectivity index (χ3v) is 5.33. The van der Waals surface area contributed by atoms with Crippen molar-refractivity contribution in [3.63, 3.8) is 0 Å². The highest BCUT2D eigenvalue weighted by atomic mass is 35.5. The summed E-state index contributed by atoms with van der Waals surface area (Å²) in [4.78, 5) is 33.2. The molecule has 0 unspecified atom stereocenters. The van der Waals surface area contributed by atoms with Gasteiger partial charge in [-0.2, -0.15) is 0 Å². The van der Waals surface area contributed by atoms with Gasteiger partial charge in [-0.05, 0) is 24.5 Å². The minimum Gasteiger partial charge on any atom is -0.345 e. The van der Waals surface area contributed by atoms with E-state index in [0.717, 1.165) is 31.7 Å². The first kappa shape index (κ1) is 15.6. The molecule has 2 fully saturated rings. The maximum atomic E-state index is 12.3. The van der Waals surface area contributed by atoms with Crippen LogP contribution in [0.5, 0.6) is 0 Å². The van der Waals surface area contributed by atoms with Crippen LogP contribution in [0.3, 0.4) is 0 Å². The van der Waals surface area contributed by atoms with Crippen LogP contribution in [0.25, 0.3) is 5.65 Å². The van der Waals surface area contributed by atoms with Gasteiger partial charge in [0.05, 0.1) is 16.6 Å². The zero-order valence-corrected chi connectivity index (χ0v) is 14.2. The fourth-order valence-corrected chi connectivity index (χ4v) is 4.01. The standard InChI is InChI=1S/C17H19ClN4O2/c1-20-5-4-11-7-21(10-14(11)17(20)24)9-13-6-16(23)22-8-12(18)2-3-15(22)19-13/h2-3,6,8,11,14H,4-5,7,9-10H2,1H3/t11-,14+/m1/s1. The van der Waals surface area contributed by atoms with Crippen LogP contribution in [0.2, 0.25) is 5.02 Å². The molecule has 2 aromatic rings. The summed E-state index contributed by atoms with van der Waals surface area (Å²) >= 11 is 5.93. The summed E-state index contributed by atoms with van der Waals surface area (Å²) in [6.45, 7) is 3.07. The van der Waals surface area contributed by atoms with E-state index in [4.69, 9.17) is 11.6 Å². The van der Waals surface area contributed by atoms with Crippen molar-refractivity contribution in [2.24, 2.45) is 11.8 Å². The van der Waals surface area contributed by atoms with Gasteiger partial charge in [0.15, 0.2) is 0 Å². The van der Waals surface area contributed by atoms with Crippen molar-refractivity contribution in [2.45, 2.75) is 13.0 Å². The average molecular weight is 347 g/mol. The number of hydrogen-bond acceptors (Lipinski definition) is 4. The summed E-state index contributed by atoms with van der Waals surface area (Å²) in [5.41, 5.74) is 1.20. The maximum absolute atomic E-state index is 12.3. The molecule has 0 aromatic carbocycles. The van der Waals surface area contributed by atoms with Crippen LogP contribution in [0.4, 0.5) is 0 Å². The lowest BCUT2D eigenvalue weighted by molar-refractivity contribution is -0.137. The van der Waals surface area contributed by atoms with Crippen molar-refractivity contribution in [3.8, 4) is 0 Å². The molecule has 0 N–H and O–H groups in total. The number of fused-ring (bicyclic) bond motifs is 2. The van der Waals surface area contributed by atoms with Gasteiger partial charge >= 0.3 is 0 Å². The minimum atomic E-state index is -0.134. The Morgan fingerprint density at radius 2 is 2.12 bits per heavy atom. The molecule has 2 aromatic heterocycles. The number of pyridine rings is 1. The van der Waals surface area contributed by atoms with E-state index in [9.17, 15) is 9.59 Å². The Balaban J connectivity index is 1.56. The van der Waals surface area contributed by atoms with Gasteiger partial charge in [0.25, 0.3) is 5.56 Å². The fraction of sp³-hybridized carbons (Fsp3) is 0.471. The van der Waals surface area contributed by atoms with Gasteiger partial charge in [0.2, 0.25) is 5.91 Å². The number of hydrogen-bond donors (Lipinski definition) is 0. The Kier molecular flexibility index (Phi) is 3.81. The van der Waals surface area contributed by atoms with E-state index < -0.39 is 0 Å². The Labute approximate surface area is 144 Å². The van der Waals surface area contributed by atoms with E-state index in [1.807, 2.05) is 11.9 Å². The first-order valence-electron chi connectivity index (χ1n) is 8.16. The summed E-state index contributed by atoms with van der Waals surface area (Å²) in [6, 6.07) is 5.03. The molecule has 24 heavy (non-hydrogen) atoms. The number of aromatic nitrogens is 2. The topological polar surface area (TPSA) is 57.9 Å². The second kappa shape index (κ2) is 5.86. The van der Waals surface area contributed by atoms with Crippen molar-refractivity contribution in [2.75, 3.05) is 26.7 Å². The molecule has 2 saturated heterocycles. The number of halogens is 1. The first-order valence-corrected chi connectivity index (χ1v) is 8.54. The van der Waals surface area contributed by atoms with Gasteiger partial charge < -0.3 is 4.90 Å². The smallest absolute Gasteiger partial charge is 0.258 e. The number of rotatable bonds is 2. The van der Waals surface area contributed by atoms with Crippen LogP contribution < -0.4 is 5.56 Å². The monoisotopic (exact) mass is 346 g/mol. The van der Waals surface area contributed by atoms with E-state index in [1.165, 1.54) is 4.40 Å². The second-order valence-electron chi connectivity index (χ2n) is 6.77. The quantitative estimate of drug-likeness (QED) is 0.821. The summed E-state index contributed by atoms with van der Waals surface area (Å²) in [7, 11) is 1.87. The molecule has 6 nitrogen and oxygen atoms in total. The number of piperidine rings is 1. The third-order valence-electron chi connectivity index (χ3n) is 5.11. The van der Waals surface area contributed by atoms with Gasteiger partial charge in [-0.3, -0.25) is 18.9 Å². The lowest BCUT2D eigenvalue weighted by atomic mass is 9.88. The molecule has 126 valence electrons. The Morgan fingerprint density at radius 3 is 2.96 bits per heavy atom. The molecule has 2 aliphatic rings. The van der Waals surface area contributed by atoms with E-state index in [0.29, 0.717) is 23.1 Å². The number of amides is 1. The molecular weight excluding hydrogens is 328 g/mol. The molecular formula is C17H19ClN4O2. The Morgan fingerprint density at radius 1 is 1.29 bits per heavy atom. The molecule has 4 heterocycles. The molecule has 4 rings (SSSR count). The average Bonchev–Trinajstić information content (AvgIpc) is 2.95. The van der Waals surface area contributed by atoms with E-state index in [-0.39, 0.29) is 17.4 Å². The van der Waals surface area contributed by atoms with Crippen molar-refractivity contribution in [1.82, 2.24) is 19.2 Å². The molecule has 0 radical (unpaired) electrons. The normalized spacial score (nSPS) is 24.6. The van der Waals surface area contributed by atoms with Gasteiger partial charge in [0, 0.05) is 45.5 Å². The lowest BCUT2D eigenvalue weighted by Crippen LogP contribution is -2.42. The number of carbonyl (C=O) groups excluding carboxylic acids is 1. The minimum absolute atomic E-state index is 0.0871. The van der Waals surface area contributed by atoms with Crippen molar-refractivity contribution >= 4 is 23.2 Å². The second-order valence-corrected chi connectivity index (χ2v) is 7.21. The molecule has 2 atom stereocenters. The fourth-order valence-electron chi connectivity index (χ4n) is 3.85. The number of nitrogens with zero attached hydrogens (tertiary/aromatic N) is 4. The molecule has 0 aliphatic carbocycles.